The SMILES string of the molecule is CCOC[C@H]1CC[C@H](N2CCC(N(C(=O)CBr)[C@@H]3CCCC[C@H]3O)CC2)CC1. The third-order valence-corrected chi connectivity index (χ3v) is 7.72. The van der Waals surface area contributed by atoms with Gasteiger partial charge in [-0.1, -0.05) is 28.8 Å². The Hall–Kier alpha value is -0.170. The number of aliphatic hydroxyl groups excluding tert-OH is 1. The zero-order valence-corrected chi connectivity index (χ0v) is 19.1. The van der Waals surface area contributed by atoms with E-state index in [9.17, 15) is 9.90 Å². The van der Waals surface area contributed by atoms with Crippen molar-refractivity contribution in [1.82, 2.24) is 9.80 Å². The highest BCUT2D eigenvalue weighted by Crippen LogP contribution is 2.32. The topological polar surface area (TPSA) is 53.0 Å². The minimum Gasteiger partial charge on any atom is -0.391 e. The maximum absolute atomic E-state index is 12.7. The molecule has 0 unspecified atom stereocenters. The predicted octanol–water partition coefficient (Wildman–Crippen LogP) is 3.57. The Morgan fingerprint density at radius 1 is 1.07 bits per heavy atom. The summed E-state index contributed by atoms with van der Waals surface area (Å²) in [7, 11) is 0. The highest BCUT2D eigenvalue weighted by molar-refractivity contribution is 9.09. The van der Waals surface area contributed by atoms with Crippen molar-refractivity contribution in [3.8, 4) is 0 Å². The van der Waals surface area contributed by atoms with E-state index in [2.05, 4.69) is 32.7 Å². The van der Waals surface area contributed by atoms with Crippen LogP contribution in [0.4, 0.5) is 0 Å². The van der Waals surface area contributed by atoms with E-state index in [0.29, 0.717) is 11.4 Å². The standard InChI is InChI=1S/C22H39BrN2O3/c1-2-28-16-17-7-9-18(10-8-17)24-13-11-19(12-14-24)25(22(27)15-23)20-5-3-4-6-21(20)26/h17-21,26H,2-16H2,1H3/t17-,18-,20-,21-/m1/s1. The minimum absolute atomic E-state index is 0.0179. The zero-order chi connectivity index (χ0) is 19.9. The molecule has 0 bridgehead atoms. The number of carbonyl (C=O) groups is 1. The Morgan fingerprint density at radius 2 is 1.75 bits per heavy atom. The number of hydrogen-bond donors (Lipinski definition) is 1. The average Bonchev–Trinajstić information content (AvgIpc) is 2.74. The maximum Gasteiger partial charge on any atom is 0.233 e. The van der Waals surface area contributed by atoms with E-state index < -0.39 is 0 Å². The first-order valence-electron chi connectivity index (χ1n) is 11.5. The van der Waals surface area contributed by atoms with E-state index in [1.165, 1.54) is 25.7 Å². The normalized spacial score (nSPS) is 33.0. The van der Waals surface area contributed by atoms with Crippen molar-refractivity contribution in [1.29, 1.82) is 0 Å². The molecule has 162 valence electrons. The molecule has 3 fully saturated rings. The third kappa shape index (κ3) is 5.71. The average molecular weight is 459 g/mol. The summed E-state index contributed by atoms with van der Waals surface area (Å²) in [6.45, 7) is 6.00. The fourth-order valence-electron chi connectivity index (χ4n) is 5.63. The molecule has 2 saturated carbocycles. The first-order chi connectivity index (χ1) is 13.6. The fraction of sp³-hybridized carbons (Fsp3) is 0.955. The van der Waals surface area contributed by atoms with Crippen LogP contribution in [-0.2, 0) is 9.53 Å². The van der Waals surface area contributed by atoms with Crippen molar-refractivity contribution >= 4 is 21.8 Å². The Bertz CT molecular complexity index is 476. The van der Waals surface area contributed by atoms with Gasteiger partial charge in [-0.3, -0.25) is 4.79 Å². The molecule has 1 N–H and O–H groups in total. The van der Waals surface area contributed by atoms with Gasteiger partial charge in [0.1, 0.15) is 0 Å². The van der Waals surface area contributed by atoms with Gasteiger partial charge in [-0.15, -0.1) is 0 Å². The molecule has 2 aliphatic carbocycles. The second-order valence-electron chi connectivity index (χ2n) is 8.95. The van der Waals surface area contributed by atoms with Gasteiger partial charge >= 0.3 is 0 Å². The molecular weight excluding hydrogens is 420 g/mol. The molecule has 1 aliphatic heterocycles. The Morgan fingerprint density at radius 3 is 2.36 bits per heavy atom. The largest absolute Gasteiger partial charge is 0.391 e. The first kappa shape index (κ1) is 22.5. The molecule has 5 nitrogen and oxygen atoms in total. The zero-order valence-electron chi connectivity index (χ0n) is 17.5. The molecule has 0 radical (unpaired) electrons. The molecule has 3 aliphatic rings. The summed E-state index contributed by atoms with van der Waals surface area (Å²) in [6.07, 6.45) is 10.9. The van der Waals surface area contributed by atoms with Crippen molar-refractivity contribution < 1.29 is 14.6 Å². The Balaban J connectivity index is 1.51. The van der Waals surface area contributed by atoms with Crippen LogP contribution < -0.4 is 0 Å². The molecule has 1 saturated heterocycles. The smallest absolute Gasteiger partial charge is 0.233 e. The predicted molar refractivity (Wildman–Crippen MR) is 116 cm³/mol. The number of piperidine rings is 1. The summed E-state index contributed by atoms with van der Waals surface area (Å²) in [5.74, 6) is 0.898. The van der Waals surface area contributed by atoms with Crippen LogP contribution in [-0.4, -0.2) is 76.7 Å². The van der Waals surface area contributed by atoms with Gasteiger partial charge in [0.05, 0.1) is 17.5 Å². The molecule has 1 heterocycles. The summed E-state index contributed by atoms with van der Waals surface area (Å²) in [5, 5.41) is 10.9. The second-order valence-corrected chi connectivity index (χ2v) is 9.52. The molecule has 3 rings (SSSR count). The van der Waals surface area contributed by atoms with Crippen LogP contribution in [0.5, 0.6) is 0 Å². The highest BCUT2D eigenvalue weighted by Gasteiger charge is 2.38. The number of likely N-dealkylation sites (tertiary alicyclic amines) is 1. The fourth-order valence-corrected chi connectivity index (χ4v) is 5.92. The molecule has 0 aromatic rings. The lowest BCUT2D eigenvalue weighted by atomic mass is 9.84. The number of carbonyl (C=O) groups excluding carboxylic acids is 1. The molecule has 0 spiro atoms. The van der Waals surface area contributed by atoms with Crippen LogP contribution in [0, 0.1) is 5.92 Å². The molecule has 28 heavy (non-hydrogen) atoms. The molecule has 0 aromatic carbocycles. The van der Waals surface area contributed by atoms with E-state index in [1.807, 2.05) is 0 Å². The van der Waals surface area contributed by atoms with E-state index in [1.54, 1.807) is 0 Å². The number of nitrogens with zero attached hydrogens (tertiary/aromatic N) is 2. The first-order valence-corrected chi connectivity index (χ1v) is 12.6. The summed E-state index contributed by atoms with van der Waals surface area (Å²) < 4.78 is 5.62. The van der Waals surface area contributed by atoms with Crippen molar-refractivity contribution in [2.45, 2.75) is 95.4 Å². The highest BCUT2D eigenvalue weighted by atomic mass is 79.9. The van der Waals surface area contributed by atoms with Crippen LogP contribution in [0.15, 0.2) is 0 Å². The summed E-state index contributed by atoms with van der Waals surface area (Å²) in [5.41, 5.74) is 0. The van der Waals surface area contributed by atoms with Crippen LogP contribution in [0.1, 0.15) is 71.1 Å². The van der Waals surface area contributed by atoms with E-state index >= 15 is 0 Å². The van der Waals surface area contributed by atoms with E-state index in [0.717, 1.165) is 70.7 Å². The van der Waals surface area contributed by atoms with Crippen LogP contribution in [0.2, 0.25) is 0 Å². The van der Waals surface area contributed by atoms with Gasteiger partial charge in [0.15, 0.2) is 0 Å². The van der Waals surface area contributed by atoms with Gasteiger partial charge < -0.3 is 19.6 Å². The van der Waals surface area contributed by atoms with Gasteiger partial charge in [0.25, 0.3) is 0 Å². The second kappa shape index (κ2) is 11.3. The molecule has 1 amide bonds. The van der Waals surface area contributed by atoms with Crippen molar-refractivity contribution in [2.75, 3.05) is 31.6 Å². The van der Waals surface area contributed by atoms with Gasteiger partial charge in [-0.2, -0.15) is 0 Å². The lowest BCUT2D eigenvalue weighted by Crippen LogP contribution is -2.57. The number of hydrogen-bond acceptors (Lipinski definition) is 4. The summed E-state index contributed by atoms with van der Waals surface area (Å²) in [4.78, 5) is 17.4. The Kier molecular flexibility index (Phi) is 9.07. The number of halogens is 1. The van der Waals surface area contributed by atoms with E-state index in [-0.39, 0.29) is 24.1 Å². The summed E-state index contributed by atoms with van der Waals surface area (Å²) in [6, 6.07) is 1.01. The number of amides is 1. The number of rotatable bonds is 7. The lowest BCUT2D eigenvalue weighted by molar-refractivity contribution is -0.139. The molecule has 6 heteroatoms. The molecular formula is C22H39BrN2O3. The van der Waals surface area contributed by atoms with E-state index in [4.69, 9.17) is 4.74 Å². The maximum atomic E-state index is 12.7. The number of aliphatic hydroxyl groups is 1. The van der Waals surface area contributed by atoms with Gasteiger partial charge in [-0.25, -0.2) is 0 Å². The van der Waals surface area contributed by atoms with Crippen molar-refractivity contribution in [2.24, 2.45) is 5.92 Å². The van der Waals surface area contributed by atoms with Gasteiger partial charge in [0.2, 0.25) is 5.91 Å². The number of alkyl halides is 1. The molecule has 2 atom stereocenters. The minimum atomic E-state index is -0.351. The van der Waals surface area contributed by atoms with Gasteiger partial charge in [-0.05, 0) is 64.2 Å². The van der Waals surface area contributed by atoms with Crippen molar-refractivity contribution in [3.05, 3.63) is 0 Å². The van der Waals surface area contributed by atoms with Gasteiger partial charge in [0, 0.05) is 38.4 Å². The quantitative estimate of drug-likeness (QED) is 0.592. The van der Waals surface area contributed by atoms with Crippen LogP contribution in [0.3, 0.4) is 0 Å². The molecule has 0 aromatic heterocycles. The monoisotopic (exact) mass is 458 g/mol. The number of ether oxygens (including phenoxy) is 1. The van der Waals surface area contributed by atoms with Crippen LogP contribution in [0.25, 0.3) is 0 Å². The third-order valence-electron chi connectivity index (χ3n) is 7.24. The van der Waals surface area contributed by atoms with Crippen LogP contribution >= 0.6 is 15.9 Å². The van der Waals surface area contributed by atoms with Crippen molar-refractivity contribution in [3.63, 3.8) is 0 Å². The Labute approximate surface area is 179 Å². The lowest BCUT2D eigenvalue weighted by Gasteiger charge is -2.47. The summed E-state index contributed by atoms with van der Waals surface area (Å²) >= 11 is 3.37.